The molecule has 1 amide bonds. The van der Waals surface area contributed by atoms with Crippen molar-refractivity contribution in [3.8, 4) is 0 Å². The maximum Gasteiger partial charge on any atom is 0.272 e. The molecule has 1 unspecified atom stereocenters. The van der Waals surface area contributed by atoms with Crippen molar-refractivity contribution in [3.63, 3.8) is 0 Å². The largest absolute Gasteiger partial charge is 0.382 e. The van der Waals surface area contributed by atoms with Gasteiger partial charge in [-0.2, -0.15) is 0 Å². The lowest BCUT2D eigenvalue weighted by atomic mass is 10.1. The van der Waals surface area contributed by atoms with Crippen LogP contribution in [0.25, 0.3) is 0 Å². The van der Waals surface area contributed by atoms with Crippen LogP contribution >= 0.6 is 15.9 Å². The van der Waals surface area contributed by atoms with Gasteiger partial charge in [-0.1, -0.05) is 28.1 Å². The Bertz CT molecular complexity index is 585. The molecule has 98 valence electrons. The molecule has 0 saturated heterocycles. The summed E-state index contributed by atoms with van der Waals surface area (Å²) in [5.41, 5.74) is 6.72. The number of carbonyl (C=O) groups excluding carboxylic acids is 1. The van der Waals surface area contributed by atoms with E-state index in [-0.39, 0.29) is 23.5 Å². The molecular weight excluding hydrogens is 308 g/mol. The summed E-state index contributed by atoms with van der Waals surface area (Å²) >= 11 is 3.37. The van der Waals surface area contributed by atoms with Crippen LogP contribution in [-0.4, -0.2) is 15.9 Å². The Morgan fingerprint density at radius 3 is 2.63 bits per heavy atom. The Morgan fingerprint density at radius 2 is 2.00 bits per heavy atom. The van der Waals surface area contributed by atoms with Gasteiger partial charge in [-0.3, -0.25) is 9.78 Å². The first-order valence-electron chi connectivity index (χ1n) is 5.70. The molecule has 5 nitrogen and oxygen atoms in total. The first-order valence-corrected chi connectivity index (χ1v) is 6.49. The van der Waals surface area contributed by atoms with Crippen molar-refractivity contribution in [1.29, 1.82) is 0 Å². The van der Waals surface area contributed by atoms with E-state index in [1.807, 2.05) is 31.2 Å². The maximum atomic E-state index is 12.0. The van der Waals surface area contributed by atoms with Crippen molar-refractivity contribution in [1.82, 2.24) is 15.3 Å². The Morgan fingerprint density at radius 1 is 1.32 bits per heavy atom. The number of halogens is 1. The smallest absolute Gasteiger partial charge is 0.272 e. The van der Waals surface area contributed by atoms with Crippen LogP contribution in [0.2, 0.25) is 0 Å². The Kier molecular flexibility index (Phi) is 4.11. The standard InChI is InChI=1S/C13H13BrN4O/c1-8(9-2-4-10(14)5-3-9)17-13(19)11-6-16-7-12(15)18-11/h2-8H,1H3,(H2,15,18)(H,17,19). The van der Waals surface area contributed by atoms with E-state index >= 15 is 0 Å². The van der Waals surface area contributed by atoms with Gasteiger partial charge in [0.25, 0.3) is 5.91 Å². The van der Waals surface area contributed by atoms with E-state index in [0.29, 0.717) is 0 Å². The number of benzene rings is 1. The van der Waals surface area contributed by atoms with E-state index in [1.54, 1.807) is 0 Å². The summed E-state index contributed by atoms with van der Waals surface area (Å²) in [6.45, 7) is 1.90. The molecule has 0 aliphatic carbocycles. The number of rotatable bonds is 3. The fourth-order valence-electron chi connectivity index (χ4n) is 1.60. The van der Waals surface area contributed by atoms with Gasteiger partial charge in [0.1, 0.15) is 11.5 Å². The van der Waals surface area contributed by atoms with Gasteiger partial charge < -0.3 is 11.1 Å². The van der Waals surface area contributed by atoms with Crippen molar-refractivity contribution >= 4 is 27.7 Å². The average Bonchev–Trinajstić information content (AvgIpc) is 2.39. The van der Waals surface area contributed by atoms with E-state index in [0.717, 1.165) is 10.0 Å². The second-order valence-electron chi connectivity index (χ2n) is 4.08. The molecule has 1 heterocycles. The van der Waals surface area contributed by atoms with Crippen LogP contribution in [0.1, 0.15) is 29.0 Å². The van der Waals surface area contributed by atoms with Crippen LogP contribution in [0.15, 0.2) is 41.1 Å². The van der Waals surface area contributed by atoms with Crippen molar-refractivity contribution < 1.29 is 4.79 Å². The number of carbonyl (C=O) groups is 1. The van der Waals surface area contributed by atoms with Gasteiger partial charge in [0.2, 0.25) is 0 Å². The molecule has 1 aromatic carbocycles. The first-order chi connectivity index (χ1) is 9.06. The highest BCUT2D eigenvalue weighted by Gasteiger charge is 2.13. The monoisotopic (exact) mass is 320 g/mol. The zero-order valence-corrected chi connectivity index (χ0v) is 11.9. The molecule has 0 saturated carbocycles. The summed E-state index contributed by atoms with van der Waals surface area (Å²) in [4.78, 5) is 19.7. The minimum absolute atomic E-state index is 0.121. The summed E-state index contributed by atoms with van der Waals surface area (Å²) in [6.07, 6.45) is 2.79. The molecule has 0 aliphatic rings. The maximum absolute atomic E-state index is 12.0. The van der Waals surface area contributed by atoms with E-state index in [9.17, 15) is 4.79 Å². The second kappa shape index (κ2) is 5.79. The molecule has 0 bridgehead atoms. The molecule has 2 rings (SSSR count). The van der Waals surface area contributed by atoms with Crippen molar-refractivity contribution in [2.45, 2.75) is 13.0 Å². The SMILES string of the molecule is CC(NC(=O)c1cncc(N)n1)c1ccc(Br)cc1. The number of nitrogens with two attached hydrogens (primary N) is 1. The number of nitrogen functional groups attached to an aromatic ring is 1. The van der Waals surface area contributed by atoms with E-state index in [1.165, 1.54) is 12.4 Å². The number of nitrogens with zero attached hydrogens (tertiary/aromatic N) is 2. The molecule has 3 N–H and O–H groups in total. The molecule has 1 aromatic heterocycles. The topological polar surface area (TPSA) is 80.9 Å². The van der Waals surface area contributed by atoms with E-state index < -0.39 is 0 Å². The summed E-state index contributed by atoms with van der Waals surface area (Å²) in [5, 5.41) is 2.85. The Hall–Kier alpha value is -1.95. The van der Waals surface area contributed by atoms with Gasteiger partial charge in [0, 0.05) is 4.47 Å². The molecule has 1 atom stereocenters. The first kappa shape index (κ1) is 13.5. The molecule has 19 heavy (non-hydrogen) atoms. The summed E-state index contributed by atoms with van der Waals surface area (Å²) in [7, 11) is 0. The van der Waals surface area contributed by atoms with Crippen LogP contribution in [0.5, 0.6) is 0 Å². The van der Waals surface area contributed by atoms with Crippen LogP contribution in [0.3, 0.4) is 0 Å². The summed E-state index contributed by atoms with van der Waals surface area (Å²) < 4.78 is 0.997. The van der Waals surface area contributed by atoms with Gasteiger partial charge in [-0.05, 0) is 24.6 Å². The lowest BCUT2D eigenvalue weighted by Gasteiger charge is -2.14. The van der Waals surface area contributed by atoms with Gasteiger partial charge >= 0.3 is 0 Å². The van der Waals surface area contributed by atoms with E-state index in [4.69, 9.17) is 5.73 Å². The molecule has 0 spiro atoms. The number of aromatic nitrogens is 2. The lowest BCUT2D eigenvalue weighted by Crippen LogP contribution is -2.27. The molecule has 0 radical (unpaired) electrons. The van der Waals surface area contributed by atoms with Gasteiger partial charge in [-0.15, -0.1) is 0 Å². The van der Waals surface area contributed by atoms with Crippen LogP contribution in [-0.2, 0) is 0 Å². The third kappa shape index (κ3) is 3.51. The zero-order valence-electron chi connectivity index (χ0n) is 10.3. The second-order valence-corrected chi connectivity index (χ2v) is 4.99. The molecule has 2 aromatic rings. The Labute approximate surface area is 119 Å². The van der Waals surface area contributed by atoms with Crippen molar-refractivity contribution in [3.05, 3.63) is 52.4 Å². The normalized spacial score (nSPS) is 11.9. The molecule has 0 aliphatic heterocycles. The van der Waals surface area contributed by atoms with Crippen LogP contribution < -0.4 is 11.1 Å². The highest BCUT2D eigenvalue weighted by atomic mass is 79.9. The summed E-state index contributed by atoms with van der Waals surface area (Å²) in [5.74, 6) is -0.0702. The molecule has 6 heteroatoms. The number of anilines is 1. The molecular formula is C13H13BrN4O. The number of nitrogens with one attached hydrogen (secondary N) is 1. The molecule has 0 fully saturated rings. The Balaban J connectivity index is 2.08. The van der Waals surface area contributed by atoms with E-state index in [2.05, 4.69) is 31.2 Å². The average molecular weight is 321 g/mol. The minimum Gasteiger partial charge on any atom is -0.382 e. The van der Waals surface area contributed by atoms with Crippen molar-refractivity contribution in [2.24, 2.45) is 0 Å². The van der Waals surface area contributed by atoms with Crippen molar-refractivity contribution in [2.75, 3.05) is 5.73 Å². The minimum atomic E-state index is -0.296. The van der Waals surface area contributed by atoms with Gasteiger partial charge in [0.05, 0.1) is 18.4 Å². The zero-order chi connectivity index (χ0) is 13.8. The summed E-state index contributed by atoms with van der Waals surface area (Å²) in [6, 6.07) is 7.63. The quantitative estimate of drug-likeness (QED) is 0.909. The predicted molar refractivity (Wildman–Crippen MR) is 76.5 cm³/mol. The fraction of sp³-hybridized carbons (Fsp3) is 0.154. The third-order valence-corrected chi connectivity index (χ3v) is 3.13. The van der Waals surface area contributed by atoms with Gasteiger partial charge in [0.15, 0.2) is 0 Å². The number of hydrogen-bond donors (Lipinski definition) is 2. The highest BCUT2D eigenvalue weighted by Crippen LogP contribution is 2.16. The van der Waals surface area contributed by atoms with Gasteiger partial charge in [-0.25, -0.2) is 4.98 Å². The predicted octanol–water partition coefficient (Wildman–Crippen LogP) is 2.31. The highest BCUT2D eigenvalue weighted by molar-refractivity contribution is 9.10. The van der Waals surface area contributed by atoms with Crippen LogP contribution in [0.4, 0.5) is 5.82 Å². The van der Waals surface area contributed by atoms with Crippen LogP contribution in [0, 0.1) is 0 Å². The number of amides is 1. The number of hydrogen-bond acceptors (Lipinski definition) is 4. The third-order valence-electron chi connectivity index (χ3n) is 2.60. The lowest BCUT2D eigenvalue weighted by molar-refractivity contribution is 0.0934. The fourth-order valence-corrected chi connectivity index (χ4v) is 1.86.